The molecule has 1 amide bonds. The molecular weight excluding hydrogens is 441 g/mol. The lowest BCUT2D eigenvalue weighted by Crippen LogP contribution is -2.43. The molecule has 0 saturated carbocycles. The molecule has 31 heavy (non-hydrogen) atoms. The van der Waals surface area contributed by atoms with Crippen LogP contribution in [0, 0.1) is 11.7 Å². The SMILES string of the molecule is O=C(Nc1ccc(Oc2ccc(F)cc2)nc1)C1CCCN(S(=O)(=O)c2cccs2)C1. The molecule has 1 atom stereocenters. The van der Waals surface area contributed by atoms with Gasteiger partial charge in [0.1, 0.15) is 15.8 Å². The first-order valence-electron chi connectivity index (χ1n) is 9.66. The van der Waals surface area contributed by atoms with Gasteiger partial charge in [0.2, 0.25) is 11.8 Å². The Hall–Kier alpha value is -2.82. The van der Waals surface area contributed by atoms with E-state index >= 15 is 0 Å². The number of ether oxygens (including phenoxy) is 1. The molecule has 3 aromatic rings. The van der Waals surface area contributed by atoms with Crippen molar-refractivity contribution >= 4 is 33.0 Å². The Labute approximate surface area is 183 Å². The Morgan fingerprint density at radius 1 is 1.19 bits per heavy atom. The van der Waals surface area contributed by atoms with Gasteiger partial charge in [0, 0.05) is 19.2 Å². The van der Waals surface area contributed by atoms with Gasteiger partial charge >= 0.3 is 0 Å². The first-order chi connectivity index (χ1) is 14.9. The number of amides is 1. The van der Waals surface area contributed by atoms with Gasteiger partial charge in [0.25, 0.3) is 10.0 Å². The second-order valence-electron chi connectivity index (χ2n) is 7.06. The van der Waals surface area contributed by atoms with E-state index in [1.807, 2.05) is 0 Å². The van der Waals surface area contributed by atoms with E-state index in [4.69, 9.17) is 4.74 Å². The monoisotopic (exact) mass is 461 g/mol. The molecular formula is C21H20FN3O4S2. The van der Waals surface area contributed by atoms with Crippen LogP contribution < -0.4 is 10.1 Å². The van der Waals surface area contributed by atoms with Crippen LogP contribution in [0.25, 0.3) is 0 Å². The van der Waals surface area contributed by atoms with E-state index in [9.17, 15) is 17.6 Å². The first-order valence-corrected chi connectivity index (χ1v) is 12.0. The third-order valence-corrected chi connectivity index (χ3v) is 8.12. The summed E-state index contributed by atoms with van der Waals surface area (Å²) in [5, 5.41) is 4.51. The van der Waals surface area contributed by atoms with Crippen molar-refractivity contribution in [3.8, 4) is 11.6 Å². The fourth-order valence-corrected chi connectivity index (χ4v) is 5.96. The quantitative estimate of drug-likeness (QED) is 0.597. The molecule has 3 heterocycles. The van der Waals surface area contributed by atoms with Crippen LogP contribution >= 0.6 is 11.3 Å². The van der Waals surface area contributed by atoms with E-state index in [0.29, 0.717) is 36.7 Å². The summed E-state index contributed by atoms with van der Waals surface area (Å²) in [6, 6.07) is 12.1. The zero-order valence-electron chi connectivity index (χ0n) is 16.4. The van der Waals surface area contributed by atoms with Gasteiger partial charge in [-0.15, -0.1) is 11.3 Å². The van der Waals surface area contributed by atoms with Gasteiger partial charge in [-0.3, -0.25) is 4.79 Å². The number of benzene rings is 1. The van der Waals surface area contributed by atoms with Gasteiger partial charge in [-0.2, -0.15) is 4.31 Å². The molecule has 7 nitrogen and oxygen atoms in total. The first kappa shape index (κ1) is 21.4. The molecule has 1 unspecified atom stereocenters. The second kappa shape index (κ2) is 9.13. The van der Waals surface area contributed by atoms with Crippen LogP contribution in [-0.2, 0) is 14.8 Å². The minimum absolute atomic E-state index is 0.144. The number of anilines is 1. The normalized spacial score (nSPS) is 17.3. The summed E-state index contributed by atoms with van der Waals surface area (Å²) in [5.74, 6) is -0.308. The van der Waals surface area contributed by atoms with Gasteiger partial charge in [0.15, 0.2) is 0 Å². The van der Waals surface area contributed by atoms with E-state index in [1.54, 1.807) is 29.6 Å². The number of halogens is 1. The van der Waals surface area contributed by atoms with E-state index < -0.39 is 15.9 Å². The van der Waals surface area contributed by atoms with Gasteiger partial charge in [-0.1, -0.05) is 6.07 Å². The Morgan fingerprint density at radius 3 is 2.68 bits per heavy atom. The molecule has 1 saturated heterocycles. The Balaban J connectivity index is 1.37. The van der Waals surface area contributed by atoms with E-state index in [2.05, 4.69) is 10.3 Å². The topological polar surface area (TPSA) is 88.6 Å². The van der Waals surface area contributed by atoms with Crippen LogP contribution in [0.2, 0.25) is 0 Å². The van der Waals surface area contributed by atoms with Gasteiger partial charge < -0.3 is 10.1 Å². The zero-order valence-corrected chi connectivity index (χ0v) is 18.0. The van der Waals surface area contributed by atoms with Crippen LogP contribution in [-0.4, -0.2) is 36.7 Å². The number of carbonyl (C=O) groups excluding carboxylic acids is 1. The summed E-state index contributed by atoms with van der Waals surface area (Å²) in [4.78, 5) is 16.9. The Morgan fingerprint density at radius 2 is 2.00 bits per heavy atom. The van der Waals surface area contributed by atoms with Gasteiger partial charge in [0.05, 0.1) is 17.8 Å². The average Bonchev–Trinajstić information content (AvgIpc) is 3.33. The second-order valence-corrected chi connectivity index (χ2v) is 10.2. The van der Waals surface area contributed by atoms with Crippen LogP contribution in [0.4, 0.5) is 10.1 Å². The summed E-state index contributed by atoms with van der Waals surface area (Å²) < 4.78 is 45.6. The highest BCUT2D eigenvalue weighted by Crippen LogP contribution is 2.27. The average molecular weight is 462 g/mol. The number of aromatic nitrogens is 1. The van der Waals surface area contributed by atoms with Crippen molar-refractivity contribution in [1.29, 1.82) is 0 Å². The molecule has 1 aliphatic heterocycles. The largest absolute Gasteiger partial charge is 0.439 e. The van der Waals surface area contributed by atoms with Crippen LogP contribution in [0.3, 0.4) is 0 Å². The molecule has 4 rings (SSSR count). The number of carbonyl (C=O) groups is 1. The molecule has 0 spiro atoms. The molecule has 0 aliphatic carbocycles. The molecule has 2 aromatic heterocycles. The number of nitrogens with one attached hydrogen (secondary N) is 1. The lowest BCUT2D eigenvalue weighted by atomic mass is 9.99. The number of piperidine rings is 1. The van der Waals surface area contributed by atoms with E-state index in [0.717, 1.165) is 0 Å². The number of thiophene rings is 1. The number of hydrogen-bond acceptors (Lipinski definition) is 6. The molecule has 1 aromatic carbocycles. The zero-order chi connectivity index (χ0) is 21.8. The molecule has 0 bridgehead atoms. The summed E-state index contributed by atoms with van der Waals surface area (Å²) in [7, 11) is -3.58. The maximum atomic E-state index is 13.0. The maximum Gasteiger partial charge on any atom is 0.252 e. The highest BCUT2D eigenvalue weighted by atomic mass is 32.2. The third-order valence-electron chi connectivity index (χ3n) is 4.88. The number of rotatable bonds is 6. The smallest absolute Gasteiger partial charge is 0.252 e. The fourth-order valence-electron chi connectivity index (χ4n) is 3.29. The molecule has 162 valence electrons. The van der Waals surface area contributed by atoms with Crippen molar-refractivity contribution in [1.82, 2.24) is 9.29 Å². The highest BCUT2D eigenvalue weighted by Gasteiger charge is 2.33. The summed E-state index contributed by atoms with van der Waals surface area (Å²) in [6.45, 7) is 0.548. The fraction of sp³-hybridized carbons (Fsp3) is 0.238. The van der Waals surface area contributed by atoms with Gasteiger partial charge in [-0.05, 0) is 54.6 Å². The molecule has 1 fully saturated rings. The van der Waals surface area contributed by atoms with Crippen molar-refractivity contribution < 1.29 is 22.3 Å². The van der Waals surface area contributed by atoms with Crippen molar-refractivity contribution in [3.63, 3.8) is 0 Å². The van der Waals surface area contributed by atoms with Crippen LogP contribution in [0.15, 0.2) is 64.3 Å². The minimum Gasteiger partial charge on any atom is -0.439 e. The number of nitrogens with zero attached hydrogens (tertiary/aromatic N) is 2. The lowest BCUT2D eigenvalue weighted by Gasteiger charge is -2.30. The third kappa shape index (κ3) is 5.09. The molecule has 10 heteroatoms. The van der Waals surface area contributed by atoms with Gasteiger partial charge in [-0.25, -0.2) is 17.8 Å². The molecule has 1 aliphatic rings. The predicted molar refractivity (Wildman–Crippen MR) is 115 cm³/mol. The number of pyridine rings is 1. The van der Waals surface area contributed by atoms with E-state index in [-0.39, 0.29) is 22.5 Å². The molecule has 1 N–H and O–H groups in total. The highest BCUT2D eigenvalue weighted by molar-refractivity contribution is 7.91. The van der Waals surface area contributed by atoms with Crippen molar-refractivity contribution in [3.05, 3.63) is 65.9 Å². The van der Waals surface area contributed by atoms with E-state index in [1.165, 1.54) is 46.1 Å². The van der Waals surface area contributed by atoms with Crippen molar-refractivity contribution in [2.24, 2.45) is 5.92 Å². The maximum absolute atomic E-state index is 13.0. The molecule has 0 radical (unpaired) electrons. The Bertz CT molecular complexity index is 1130. The summed E-state index contributed by atoms with van der Waals surface area (Å²) >= 11 is 1.17. The van der Waals surface area contributed by atoms with Crippen molar-refractivity contribution in [2.75, 3.05) is 18.4 Å². The lowest BCUT2D eigenvalue weighted by molar-refractivity contribution is -0.120. The summed E-state index contributed by atoms with van der Waals surface area (Å²) in [5.41, 5.74) is 0.481. The van der Waals surface area contributed by atoms with Crippen LogP contribution in [0.5, 0.6) is 11.6 Å². The minimum atomic E-state index is -3.58. The number of hydrogen-bond donors (Lipinski definition) is 1. The van der Waals surface area contributed by atoms with Crippen molar-refractivity contribution in [2.45, 2.75) is 17.1 Å². The standard InChI is InChI=1S/C21H20FN3O4S2/c22-16-5-8-18(9-6-16)29-19-10-7-17(13-23-19)24-21(26)15-3-1-11-25(14-15)31(27,28)20-4-2-12-30-20/h2,4-10,12-13,15H,1,3,11,14H2,(H,24,26). The number of sulfonamides is 1. The Kier molecular flexibility index (Phi) is 6.30. The summed E-state index contributed by atoms with van der Waals surface area (Å²) in [6.07, 6.45) is 2.69. The van der Waals surface area contributed by atoms with Crippen LogP contribution in [0.1, 0.15) is 12.8 Å². The predicted octanol–water partition coefficient (Wildman–Crippen LogP) is 4.11.